The van der Waals surface area contributed by atoms with Crippen LogP contribution in [0.3, 0.4) is 0 Å². The minimum absolute atomic E-state index is 0.0376. The van der Waals surface area contributed by atoms with Crippen LogP contribution in [0.1, 0.15) is 60.8 Å². The molecule has 3 rings (SSSR count). The van der Waals surface area contributed by atoms with Gasteiger partial charge in [0.1, 0.15) is 24.4 Å². The van der Waals surface area contributed by atoms with Gasteiger partial charge in [0, 0.05) is 6.92 Å². The summed E-state index contributed by atoms with van der Waals surface area (Å²) in [5, 5.41) is 13.8. The van der Waals surface area contributed by atoms with Gasteiger partial charge in [0.2, 0.25) is 5.91 Å². The maximum Gasteiger partial charge on any atom is 0.217 e. The first kappa shape index (κ1) is 22.0. The molecule has 2 heterocycles. The lowest BCUT2D eigenvalue weighted by atomic mass is 9.75. The molecule has 7 nitrogen and oxygen atoms in total. The smallest absolute Gasteiger partial charge is 0.217 e. The van der Waals surface area contributed by atoms with Gasteiger partial charge in [-0.1, -0.05) is 27.2 Å². The van der Waals surface area contributed by atoms with Crippen LogP contribution in [-0.4, -0.2) is 60.2 Å². The van der Waals surface area contributed by atoms with Crippen molar-refractivity contribution in [3.63, 3.8) is 0 Å². The van der Waals surface area contributed by atoms with Crippen LogP contribution in [0, 0.1) is 17.8 Å². The van der Waals surface area contributed by atoms with Gasteiger partial charge in [-0.05, 0) is 44.4 Å². The van der Waals surface area contributed by atoms with Crippen molar-refractivity contribution in [2.75, 3.05) is 6.61 Å². The number of fused-ring (bicyclic) bond motifs is 1. The van der Waals surface area contributed by atoms with Crippen LogP contribution < -0.4 is 5.32 Å². The molecule has 0 aromatic rings. The fourth-order valence-corrected chi connectivity index (χ4v) is 4.79. The first-order valence-electron chi connectivity index (χ1n) is 10.6. The van der Waals surface area contributed by atoms with Crippen molar-refractivity contribution >= 4 is 5.91 Å². The highest BCUT2D eigenvalue weighted by atomic mass is 16.8. The van der Waals surface area contributed by atoms with E-state index in [1.165, 1.54) is 13.3 Å². The lowest BCUT2D eigenvalue weighted by molar-refractivity contribution is -0.374. The monoisotopic (exact) mass is 399 g/mol. The number of aliphatic hydroxyl groups excluding tert-OH is 1. The quantitative estimate of drug-likeness (QED) is 0.754. The number of amides is 1. The van der Waals surface area contributed by atoms with Crippen molar-refractivity contribution in [3.05, 3.63) is 0 Å². The number of rotatable bonds is 4. The van der Waals surface area contributed by atoms with Crippen LogP contribution in [0.15, 0.2) is 0 Å². The lowest BCUT2D eigenvalue weighted by Crippen LogP contribution is -2.68. The third-order valence-corrected chi connectivity index (χ3v) is 6.33. The Morgan fingerprint density at radius 1 is 1.29 bits per heavy atom. The van der Waals surface area contributed by atoms with Gasteiger partial charge in [0.25, 0.3) is 0 Å². The Morgan fingerprint density at radius 3 is 2.64 bits per heavy atom. The fourth-order valence-electron chi connectivity index (χ4n) is 4.79. The Hall–Kier alpha value is -0.730. The maximum absolute atomic E-state index is 11.8. The molecule has 2 saturated heterocycles. The van der Waals surface area contributed by atoms with Crippen molar-refractivity contribution in [1.82, 2.24) is 5.32 Å². The summed E-state index contributed by atoms with van der Waals surface area (Å²) in [4.78, 5) is 11.8. The average Bonchev–Trinajstić information content (AvgIpc) is 2.58. The van der Waals surface area contributed by atoms with E-state index in [0.717, 1.165) is 12.8 Å². The molecule has 8 atom stereocenters. The summed E-state index contributed by atoms with van der Waals surface area (Å²) in [6.07, 6.45) is 0.640. The lowest BCUT2D eigenvalue weighted by Gasteiger charge is -2.51. The van der Waals surface area contributed by atoms with Crippen molar-refractivity contribution < 1.29 is 28.8 Å². The highest BCUT2D eigenvalue weighted by Gasteiger charge is 2.52. The van der Waals surface area contributed by atoms with E-state index in [9.17, 15) is 9.90 Å². The van der Waals surface area contributed by atoms with E-state index in [-0.39, 0.29) is 12.0 Å². The first-order valence-corrected chi connectivity index (χ1v) is 10.6. The summed E-state index contributed by atoms with van der Waals surface area (Å²) < 4.78 is 24.3. The topological polar surface area (TPSA) is 86.3 Å². The van der Waals surface area contributed by atoms with Crippen molar-refractivity contribution in [3.8, 4) is 0 Å². The number of aliphatic hydroxyl groups is 1. The van der Waals surface area contributed by atoms with E-state index in [2.05, 4.69) is 26.1 Å². The second-order valence-electron chi connectivity index (χ2n) is 9.55. The normalized spacial score (nSPS) is 43.4. The molecule has 1 amide bonds. The van der Waals surface area contributed by atoms with E-state index >= 15 is 0 Å². The summed E-state index contributed by atoms with van der Waals surface area (Å²) in [5.74, 6) is 0.484. The second kappa shape index (κ2) is 8.56. The molecule has 1 aliphatic carbocycles. The summed E-state index contributed by atoms with van der Waals surface area (Å²) in [5.41, 5.74) is 0. The van der Waals surface area contributed by atoms with Gasteiger partial charge in [-0.3, -0.25) is 4.79 Å². The molecule has 3 fully saturated rings. The molecular weight excluding hydrogens is 362 g/mol. The van der Waals surface area contributed by atoms with Crippen molar-refractivity contribution in [2.24, 2.45) is 17.8 Å². The van der Waals surface area contributed by atoms with Gasteiger partial charge >= 0.3 is 0 Å². The van der Waals surface area contributed by atoms with Crippen LogP contribution >= 0.6 is 0 Å². The molecule has 0 aromatic heterocycles. The second-order valence-corrected chi connectivity index (χ2v) is 9.55. The van der Waals surface area contributed by atoms with Crippen LogP contribution in [0.2, 0.25) is 0 Å². The molecular formula is C21H37NO6. The molecule has 28 heavy (non-hydrogen) atoms. The zero-order valence-electron chi connectivity index (χ0n) is 18.0. The number of carbonyl (C=O) groups excluding carboxylic acids is 1. The molecule has 1 saturated carbocycles. The molecule has 2 aliphatic heterocycles. The van der Waals surface area contributed by atoms with Crippen LogP contribution in [0.4, 0.5) is 0 Å². The van der Waals surface area contributed by atoms with Crippen LogP contribution in [0.25, 0.3) is 0 Å². The standard InChI is InChI=1S/C21H37NO6/c1-11(2)14-8-7-12(3)9-15(14)26-20-17(22-13(4)23)18(24)19-16(27-20)10-25-21(5,6)28-19/h11-12,14-20,24H,7-10H2,1-6H3,(H,22,23)/t12-,14+,15-,16-,17+,18-,19-,20+/m1/s1. The summed E-state index contributed by atoms with van der Waals surface area (Å²) >= 11 is 0. The van der Waals surface area contributed by atoms with E-state index in [4.69, 9.17) is 18.9 Å². The molecule has 2 N–H and O–H groups in total. The summed E-state index contributed by atoms with van der Waals surface area (Å²) in [6.45, 7) is 12.1. The van der Waals surface area contributed by atoms with Gasteiger partial charge in [0.15, 0.2) is 12.1 Å². The van der Waals surface area contributed by atoms with Gasteiger partial charge in [0.05, 0.1) is 12.7 Å². The number of hydrogen-bond donors (Lipinski definition) is 2. The fraction of sp³-hybridized carbons (Fsp3) is 0.952. The minimum Gasteiger partial charge on any atom is -0.388 e. The van der Waals surface area contributed by atoms with Gasteiger partial charge < -0.3 is 29.4 Å². The Labute approximate surface area is 168 Å². The molecule has 162 valence electrons. The number of ether oxygens (including phenoxy) is 4. The predicted octanol–water partition coefficient (Wildman–Crippen LogP) is 2.21. The number of carbonyl (C=O) groups is 1. The molecule has 3 aliphatic rings. The van der Waals surface area contributed by atoms with E-state index in [0.29, 0.717) is 24.4 Å². The largest absolute Gasteiger partial charge is 0.388 e. The zero-order chi connectivity index (χ0) is 20.6. The summed E-state index contributed by atoms with van der Waals surface area (Å²) in [7, 11) is 0. The Kier molecular flexibility index (Phi) is 6.72. The third kappa shape index (κ3) is 4.87. The van der Waals surface area contributed by atoms with Crippen LogP contribution in [-0.2, 0) is 23.7 Å². The Balaban J connectivity index is 1.78. The zero-order valence-corrected chi connectivity index (χ0v) is 18.0. The van der Waals surface area contributed by atoms with Crippen LogP contribution in [0.5, 0.6) is 0 Å². The first-order chi connectivity index (χ1) is 13.1. The van der Waals surface area contributed by atoms with E-state index < -0.39 is 36.4 Å². The van der Waals surface area contributed by atoms with E-state index in [1.807, 2.05) is 13.8 Å². The average molecular weight is 400 g/mol. The van der Waals surface area contributed by atoms with Gasteiger partial charge in [-0.2, -0.15) is 0 Å². The minimum atomic E-state index is -0.936. The van der Waals surface area contributed by atoms with Gasteiger partial charge in [-0.25, -0.2) is 0 Å². The summed E-state index contributed by atoms with van der Waals surface area (Å²) in [6, 6.07) is -0.683. The van der Waals surface area contributed by atoms with Crippen molar-refractivity contribution in [2.45, 2.75) is 103 Å². The number of nitrogens with one attached hydrogen (secondary N) is 1. The highest BCUT2D eigenvalue weighted by molar-refractivity contribution is 5.73. The molecule has 0 radical (unpaired) electrons. The van der Waals surface area contributed by atoms with Gasteiger partial charge in [-0.15, -0.1) is 0 Å². The third-order valence-electron chi connectivity index (χ3n) is 6.33. The maximum atomic E-state index is 11.8. The number of hydrogen-bond acceptors (Lipinski definition) is 6. The Bertz CT molecular complexity index is 553. The SMILES string of the molecule is CC(=O)N[C@@H]1[C@@H](O[C@@H]2C[C@H](C)CC[C@H]2C(C)C)O[C@@H]2COC(C)(C)O[C@H]2[C@@H]1O. The molecule has 0 bridgehead atoms. The van der Waals surface area contributed by atoms with E-state index in [1.54, 1.807) is 0 Å². The Morgan fingerprint density at radius 2 is 2.00 bits per heavy atom. The van der Waals surface area contributed by atoms with Crippen molar-refractivity contribution in [1.29, 1.82) is 0 Å². The highest BCUT2D eigenvalue weighted by Crippen LogP contribution is 2.38. The molecule has 0 aromatic carbocycles. The molecule has 7 heteroatoms. The molecule has 0 unspecified atom stereocenters. The molecule has 0 spiro atoms. The predicted molar refractivity (Wildman–Crippen MR) is 103 cm³/mol.